The number of aliphatic hydroxyl groups excluding tert-OH is 1. The maximum Gasteiger partial charge on any atom is 0.341 e. The molecule has 0 bridgehead atoms. The topological polar surface area (TPSA) is 46.5 Å². The third kappa shape index (κ3) is 2.27. The van der Waals surface area contributed by atoms with E-state index in [4.69, 9.17) is 16.7 Å². The molecule has 0 amide bonds. The Morgan fingerprint density at radius 2 is 2.27 bits per heavy atom. The summed E-state index contributed by atoms with van der Waals surface area (Å²) in [6.07, 6.45) is 0.468. The first-order chi connectivity index (χ1) is 7.11. The molecule has 0 aliphatic rings. The Balaban J connectivity index is 3.31. The predicted octanol–water partition coefficient (Wildman–Crippen LogP) is 2.55. The Morgan fingerprint density at radius 1 is 1.60 bits per heavy atom. The Morgan fingerprint density at radius 3 is 2.73 bits per heavy atom. The third-order valence-electron chi connectivity index (χ3n) is 1.77. The second-order valence-corrected chi connectivity index (χ2v) is 3.04. The summed E-state index contributed by atoms with van der Waals surface area (Å²) in [5.41, 5.74) is -0.492. The number of esters is 1. The van der Waals surface area contributed by atoms with Crippen LogP contribution in [0.3, 0.4) is 0 Å². The zero-order valence-corrected chi connectivity index (χ0v) is 8.58. The lowest BCUT2D eigenvalue weighted by atomic mass is 10.1. The number of aliphatic hydroxyl groups is 1. The monoisotopic (exact) mass is 230 g/mol. The standard InChI is InChI=1S/C10H8ClFO3/c1-15-10(14)6(5-13)9-7(11)3-2-4-8(9)12/h2-5,13H,1H3/b6-5-. The van der Waals surface area contributed by atoms with Crippen LogP contribution in [-0.2, 0) is 9.53 Å². The molecule has 1 N–H and O–H groups in total. The van der Waals surface area contributed by atoms with E-state index in [1.165, 1.54) is 12.1 Å². The van der Waals surface area contributed by atoms with Gasteiger partial charge in [0.15, 0.2) is 0 Å². The Hall–Kier alpha value is -1.55. The van der Waals surface area contributed by atoms with Gasteiger partial charge in [-0.15, -0.1) is 0 Å². The molecule has 0 unspecified atom stereocenters. The van der Waals surface area contributed by atoms with E-state index in [0.29, 0.717) is 6.26 Å². The van der Waals surface area contributed by atoms with E-state index in [2.05, 4.69) is 4.74 Å². The lowest BCUT2D eigenvalue weighted by Gasteiger charge is -2.07. The van der Waals surface area contributed by atoms with Gasteiger partial charge < -0.3 is 9.84 Å². The maximum absolute atomic E-state index is 13.3. The summed E-state index contributed by atoms with van der Waals surface area (Å²) in [6, 6.07) is 3.94. The van der Waals surface area contributed by atoms with E-state index in [9.17, 15) is 9.18 Å². The van der Waals surface area contributed by atoms with Crippen LogP contribution in [0.25, 0.3) is 5.57 Å². The number of carbonyl (C=O) groups is 1. The first-order valence-electron chi connectivity index (χ1n) is 3.99. The van der Waals surface area contributed by atoms with E-state index in [-0.39, 0.29) is 16.2 Å². The second-order valence-electron chi connectivity index (χ2n) is 2.63. The molecule has 1 rings (SSSR count). The number of halogens is 2. The van der Waals surface area contributed by atoms with Crippen LogP contribution in [0, 0.1) is 5.82 Å². The van der Waals surface area contributed by atoms with Crippen LogP contribution < -0.4 is 0 Å². The van der Waals surface area contributed by atoms with Gasteiger partial charge in [0.2, 0.25) is 0 Å². The number of hydrogen-bond donors (Lipinski definition) is 1. The van der Waals surface area contributed by atoms with E-state index < -0.39 is 11.8 Å². The first-order valence-corrected chi connectivity index (χ1v) is 4.36. The van der Waals surface area contributed by atoms with Crippen LogP contribution in [0.4, 0.5) is 4.39 Å². The van der Waals surface area contributed by atoms with Crippen LogP contribution in [0.2, 0.25) is 5.02 Å². The smallest absolute Gasteiger partial charge is 0.341 e. The first kappa shape index (κ1) is 11.5. The molecule has 5 heteroatoms. The molecule has 0 saturated carbocycles. The van der Waals surface area contributed by atoms with E-state index in [1.54, 1.807) is 0 Å². The van der Waals surface area contributed by atoms with Gasteiger partial charge in [0.25, 0.3) is 0 Å². The van der Waals surface area contributed by atoms with Crippen molar-refractivity contribution < 1.29 is 19.0 Å². The molecule has 15 heavy (non-hydrogen) atoms. The van der Waals surface area contributed by atoms with Gasteiger partial charge in [0, 0.05) is 5.56 Å². The van der Waals surface area contributed by atoms with Crippen molar-refractivity contribution in [2.45, 2.75) is 0 Å². The van der Waals surface area contributed by atoms with Crippen LogP contribution in [0.15, 0.2) is 24.5 Å². The highest BCUT2D eigenvalue weighted by Crippen LogP contribution is 2.27. The predicted molar refractivity (Wildman–Crippen MR) is 54.0 cm³/mol. The molecule has 0 aliphatic heterocycles. The highest BCUT2D eigenvalue weighted by molar-refractivity contribution is 6.34. The fraction of sp³-hybridized carbons (Fsp3) is 0.100. The van der Waals surface area contributed by atoms with Crippen molar-refractivity contribution in [3.05, 3.63) is 40.9 Å². The molecule has 80 valence electrons. The lowest BCUT2D eigenvalue weighted by Crippen LogP contribution is -2.06. The number of ether oxygens (including phenoxy) is 1. The fourth-order valence-corrected chi connectivity index (χ4v) is 1.35. The average molecular weight is 231 g/mol. The molecule has 3 nitrogen and oxygen atoms in total. The minimum Gasteiger partial charge on any atom is -0.515 e. The van der Waals surface area contributed by atoms with Gasteiger partial charge >= 0.3 is 5.97 Å². The third-order valence-corrected chi connectivity index (χ3v) is 2.08. The molecule has 0 spiro atoms. The molecule has 0 aliphatic carbocycles. The molecule has 0 fully saturated rings. The maximum atomic E-state index is 13.3. The average Bonchev–Trinajstić information content (AvgIpc) is 2.22. The van der Waals surface area contributed by atoms with Crippen molar-refractivity contribution >= 4 is 23.1 Å². The molecule has 0 saturated heterocycles. The summed E-state index contributed by atoms with van der Waals surface area (Å²) in [5, 5.41) is 8.87. The highest BCUT2D eigenvalue weighted by Gasteiger charge is 2.19. The highest BCUT2D eigenvalue weighted by atomic mass is 35.5. The molecule has 0 aromatic heterocycles. The van der Waals surface area contributed by atoms with Gasteiger partial charge in [0.1, 0.15) is 11.4 Å². The molecule has 1 aromatic carbocycles. The summed E-state index contributed by atoms with van der Waals surface area (Å²) >= 11 is 5.70. The van der Waals surface area contributed by atoms with Crippen LogP contribution in [-0.4, -0.2) is 18.2 Å². The normalized spacial score (nSPS) is 11.3. The van der Waals surface area contributed by atoms with Gasteiger partial charge in [-0.1, -0.05) is 17.7 Å². The van der Waals surface area contributed by atoms with Gasteiger partial charge in [-0.3, -0.25) is 0 Å². The van der Waals surface area contributed by atoms with Gasteiger partial charge in [-0.05, 0) is 12.1 Å². The Labute approximate surface area is 90.7 Å². The van der Waals surface area contributed by atoms with E-state index >= 15 is 0 Å². The van der Waals surface area contributed by atoms with Crippen molar-refractivity contribution in [2.24, 2.45) is 0 Å². The quantitative estimate of drug-likeness (QED) is 0.483. The molecule has 1 aromatic rings. The second kappa shape index (κ2) is 4.79. The summed E-state index contributed by atoms with van der Waals surface area (Å²) in [6.45, 7) is 0. The Bertz CT molecular complexity index is 395. The minimum absolute atomic E-state index is 0.0284. The largest absolute Gasteiger partial charge is 0.515 e. The van der Waals surface area contributed by atoms with Crippen molar-refractivity contribution in [3.63, 3.8) is 0 Å². The number of benzene rings is 1. The zero-order chi connectivity index (χ0) is 11.4. The summed E-state index contributed by atoms with van der Waals surface area (Å²) < 4.78 is 17.7. The number of carbonyl (C=O) groups excluding carboxylic acids is 1. The van der Waals surface area contributed by atoms with E-state index in [0.717, 1.165) is 13.2 Å². The van der Waals surface area contributed by atoms with E-state index in [1.807, 2.05) is 0 Å². The fourth-order valence-electron chi connectivity index (χ4n) is 1.08. The summed E-state index contributed by atoms with van der Waals surface area (Å²) in [5.74, 6) is -1.56. The molecular weight excluding hydrogens is 223 g/mol. The Kier molecular flexibility index (Phi) is 3.68. The summed E-state index contributed by atoms with van der Waals surface area (Å²) in [7, 11) is 1.13. The van der Waals surface area contributed by atoms with Gasteiger partial charge in [0.05, 0.1) is 18.4 Å². The van der Waals surface area contributed by atoms with Crippen molar-refractivity contribution in [2.75, 3.05) is 7.11 Å². The van der Waals surface area contributed by atoms with Crippen LogP contribution in [0.5, 0.6) is 0 Å². The van der Waals surface area contributed by atoms with Crippen molar-refractivity contribution in [1.82, 2.24) is 0 Å². The van der Waals surface area contributed by atoms with Crippen LogP contribution in [0.1, 0.15) is 5.56 Å². The number of hydrogen-bond acceptors (Lipinski definition) is 3. The molecule has 0 radical (unpaired) electrons. The molecular formula is C10H8ClFO3. The summed E-state index contributed by atoms with van der Waals surface area (Å²) in [4.78, 5) is 11.2. The van der Waals surface area contributed by atoms with Crippen molar-refractivity contribution in [1.29, 1.82) is 0 Å². The van der Waals surface area contributed by atoms with Crippen molar-refractivity contribution in [3.8, 4) is 0 Å². The van der Waals surface area contributed by atoms with Gasteiger partial charge in [-0.25, -0.2) is 9.18 Å². The molecule has 0 atom stereocenters. The van der Waals surface area contributed by atoms with Crippen LogP contribution >= 0.6 is 11.6 Å². The number of methoxy groups -OCH3 is 1. The zero-order valence-electron chi connectivity index (χ0n) is 7.83. The number of rotatable bonds is 2. The van der Waals surface area contributed by atoms with Gasteiger partial charge in [-0.2, -0.15) is 0 Å². The lowest BCUT2D eigenvalue weighted by molar-refractivity contribution is -0.133. The molecule has 0 heterocycles. The SMILES string of the molecule is COC(=O)/C(=C\O)c1c(F)cccc1Cl. The minimum atomic E-state index is -0.857.